The third kappa shape index (κ3) is 4.67. The predicted octanol–water partition coefficient (Wildman–Crippen LogP) is 1.71. The van der Waals surface area contributed by atoms with Crippen LogP contribution in [0.5, 0.6) is 0 Å². The third-order valence-electron chi connectivity index (χ3n) is 3.02. The van der Waals surface area contributed by atoms with E-state index in [4.69, 9.17) is 10.4 Å². The largest absolute Gasteiger partial charge is 0.480 e. The van der Waals surface area contributed by atoms with E-state index in [1.807, 2.05) is 31.2 Å². The normalized spacial score (nSPS) is 12.6. The van der Waals surface area contributed by atoms with Gasteiger partial charge in [0, 0.05) is 6.42 Å². The molecular formula is C14H17NO4S. The van der Waals surface area contributed by atoms with E-state index in [9.17, 15) is 13.2 Å². The molecule has 0 aromatic heterocycles. The molecule has 0 radical (unpaired) electrons. The molecule has 6 heteroatoms. The van der Waals surface area contributed by atoms with Crippen LogP contribution in [0.2, 0.25) is 0 Å². The van der Waals surface area contributed by atoms with Crippen molar-refractivity contribution in [3.05, 3.63) is 35.4 Å². The molecule has 0 saturated carbocycles. The molecule has 5 nitrogen and oxygen atoms in total. The number of hydrogen-bond acceptors (Lipinski definition) is 4. The van der Waals surface area contributed by atoms with E-state index >= 15 is 0 Å². The molecular weight excluding hydrogens is 278 g/mol. The Morgan fingerprint density at radius 2 is 1.95 bits per heavy atom. The van der Waals surface area contributed by atoms with E-state index in [-0.39, 0.29) is 12.8 Å². The number of aliphatic carboxylic acids is 1. The Labute approximate surface area is 118 Å². The summed E-state index contributed by atoms with van der Waals surface area (Å²) in [4.78, 5) is 11.1. The summed E-state index contributed by atoms with van der Waals surface area (Å²) in [5, 5.41) is 16.0. The molecule has 0 aliphatic rings. The lowest BCUT2D eigenvalue weighted by Gasteiger charge is -2.12. The van der Waals surface area contributed by atoms with Gasteiger partial charge in [-0.15, -0.1) is 0 Å². The number of sulfone groups is 1. The minimum atomic E-state index is -3.78. The van der Waals surface area contributed by atoms with Crippen LogP contribution in [0.15, 0.2) is 24.3 Å². The van der Waals surface area contributed by atoms with Gasteiger partial charge in [-0.3, -0.25) is 4.79 Å². The van der Waals surface area contributed by atoms with Gasteiger partial charge in [-0.1, -0.05) is 29.8 Å². The van der Waals surface area contributed by atoms with Gasteiger partial charge in [0.25, 0.3) is 0 Å². The van der Waals surface area contributed by atoms with Crippen LogP contribution in [0.3, 0.4) is 0 Å². The monoisotopic (exact) mass is 295 g/mol. The summed E-state index contributed by atoms with van der Waals surface area (Å²) in [6, 6.07) is 9.24. The Morgan fingerprint density at radius 1 is 1.35 bits per heavy atom. The highest BCUT2D eigenvalue weighted by atomic mass is 32.2. The number of rotatable bonds is 7. The molecule has 0 bridgehead atoms. The molecule has 0 saturated heterocycles. The van der Waals surface area contributed by atoms with Gasteiger partial charge in [-0.05, 0) is 25.3 Å². The van der Waals surface area contributed by atoms with Gasteiger partial charge in [0.1, 0.15) is 0 Å². The molecule has 20 heavy (non-hydrogen) atoms. The number of hydrogen-bond donors (Lipinski definition) is 1. The first-order valence-electron chi connectivity index (χ1n) is 6.23. The van der Waals surface area contributed by atoms with Crippen molar-refractivity contribution in [1.82, 2.24) is 0 Å². The zero-order chi connectivity index (χ0) is 15.2. The lowest BCUT2D eigenvalue weighted by atomic mass is 10.1. The first kappa shape index (κ1) is 16.2. The zero-order valence-electron chi connectivity index (χ0n) is 11.2. The van der Waals surface area contributed by atoms with E-state index in [1.54, 1.807) is 6.07 Å². The second-order valence-corrected chi connectivity index (χ2v) is 6.93. The Kier molecular flexibility index (Phi) is 5.71. The number of aryl methyl sites for hydroxylation is 2. The second-order valence-electron chi connectivity index (χ2n) is 4.63. The minimum absolute atomic E-state index is 0.0200. The number of carboxylic acid groups (broad SMARTS) is 1. The summed E-state index contributed by atoms with van der Waals surface area (Å²) in [5.74, 6) is -1.76. The SMILES string of the molecule is Cc1ccc(CCC(C(=O)O)S(=O)(=O)CCC#N)cc1. The number of carbonyl (C=O) groups is 1. The molecule has 1 aromatic carbocycles. The molecule has 0 aliphatic heterocycles. The molecule has 0 spiro atoms. The van der Waals surface area contributed by atoms with E-state index in [0.717, 1.165) is 11.1 Å². The van der Waals surface area contributed by atoms with Gasteiger partial charge in [-0.25, -0.2) is 8.42 Å². The molecule has 108 valence electrons. The van der Waals surface area contributed by atoms with Crippen LogP contribution < -0.4 is 0 Å². The highest BCUT2D eigenvalue weighted by Gasteiger charge is 2.31. The molecule has 0 heterocycles. The van der Waals surface area contributed by atoms with Gasteiger partial charge in [-0.2, -0.15) is 5.26 Å². The molecule has 1 unspecified atom stereocenters. The Balaban J connectivity index is 2.76. The standard InChI is InChI=1S/C14H17NO4S/c1-11-3-5-12(6-4-11)7-8-13(14(16)17)20(18,19)10-2-9-15/h3-6,13H,2,7-8,10H2,1H3,(H,16,17). The Bertz CT molecular complexity index is 599. The van der Waals surface area contributed by atoms with Gasteiger partial charge >= 0.3 is 5.97 Å². The zero-order valence-corrected chi connectivity index (χ0v) is 12.1. The minimum Gasteiger partial charge on any atom is -0.480 e. The van der Waals surface area contributed by atoms with Crippen LogP contribution in [-0.2, 0) is 21.1 Å². The fraction of sp³-hybridized carbons (Fsp3) is 0.429. The molecule has 0 amide bonds. The van der Waals surface area contributed by atoms with Crippen molar-refractivity contribution in [2.24, 2.45) is 0 Å². The van der Waals surface area contributed by atoms with Crippen molar-refractivity contribution in [2.75, 3.05) is 5.75 Å². The Morgan fingerprint density at radius 3 is 2.45 bits per heavy atom. The maximum absolute atomic E-state index is 11.9. The van der Waals surface area contributed by atoms with Crippen molar-refractivity contribution in [3.63, 3.8) is 0 Å². The Hall–Kier alpha value is -1.87. The second kappa shape index (κ2) is 7.06. The van der Waals surface area contributed by atoms with E-state index in [1.165, 1.54) is 0 Å². The van der Waals surface area contributed by atoms with Crippen molar-refractivity contribution in [3.8, 4) is 6.07 Å². The van der Waals surface area contributed by atoms with Gasteiger partial charge in [0.15, 0.2) is 15.1 Å². The van der Waals surface area contributed by atoms with E-state index in [2.05, 4.69) is 0 Å². The molecule has 1 atom stereocenters. The topological polar surface area (TPSA) is 95.2 Å². The number of nitrogens with zero attached hydrogens (tertiary/aromatic N) is 1. The molecule has 0 aliphatic carbocycles. The first-order valence-corrected chi connectivity index (χ1v) is 7.95. The number of carboxylic acids is 1. The summed E-state index contributed by atoms with van der Waals surface area (Å²) in [6.45, 7) is 1.94. The summed E-state index contributed by atoms with van der Waals surface area (Å²) >= 11 is 0. The van der Waals surface area contributed by atoms with Crippen LogP contribution >= 0.6 is 0 Å². The van der Waals surface area contributed by atoms with E-state index < -0.39 is 26.8 Å². The quantitative estimate of drug-likeness (QED) is 0.826. The summed E-state index contributed by atoms with van der Waals surface area (Å²) in [5.41, 5.74) is 1.99. The van der Waals surface area contributed by atoms with Crippen molar-refractivity contribution in [2.45, 2.75) is 31.4 Å². The van der Waals surface area contributed by atoms with Gasteiger partial charge < -0.3 is 5.11 Å². The smallest absolute Gasteiger partial charge is 0.321 e. The third-order valence-corrected chi connectivity index (χ3v) is 5.10. The average Bonchev–Trinajstić information content (AvgIpc) is 2.38. The van der Waals surface area contributed by atoms with Crippen LogP contribution in [0, 0.1) is 18.3 Å². The summed E-state index contributed by atoms with van der Waals surface area (Å²) in [7, 11) is -3.78. The lowest BCUT2D eigenvalue weighted by Crippen LogP contribution is -2.32. The highest BCUT2D eigenvalue weighted by Crippen LogP contribution is 2.14. The van der Waals surface area contributed by atoms with Crippen LogP contribution in [0.25, 0.3) is 0 Å². The van der Waals surface area contributed by atoms with Crippen molar-refractivity contribution in [1.29, 1.82) is 5.26 Å². The van der Waals surface area contributed by atoms with Gasteiger partial charge in [0.05, 0.1) is 11.8 Å². The average molecular weight is 295 g/mol. The highest BCUT2D eigenvalue weighted by molar-refractivity contribution is 7.92. The molecule has 0 fully saturated rings. The fourth-order valence-corrected chi connectivity index (χ4v) is 3.28. The lowest BCUT2D eigenvalue weighted by molar-refractivity contribution is -0.136. The first-order chi connectivity index (χ1) is 9.36. The predicted molar refractivity (Wildman–Crippen MR) is 74.9 cm³/mol. The summed E-state index contributed by atoms with van der Waals surface area (Å²) in [6.07, 6.45) is 0.214. The van der Waals surface area contributed by atoms with E-state index in [0.29, 0.717) is 6.42 Å². The van der Waals surface area contributed by atoms with Crippen LogP contribution in [-0.4, -0.2) is 30.5 Å². The van der Waals surface area contributed by atoms with Gasteiger partial charge in [0.2, 0.25) is 0 Å². The summed E-state index contributed by atoms with van der Waals surface area (Å²) < 4.78 is 23.7. The van der Waals surface area contributed by atoms with Crippen LogP contribution in [0.4, 0.5) is 0 Å². The number of benzene rings is 1. The number of nitriles is 1. The van der Waals surface area contributed by atoms with Crippen LogP contribution in [0.1, 0.15) is 24.0 Å². The molecule has 1 aromatic rings. The molecule has 1 rings (SSSR count). The fourth-order valence-electron chi connectivity index (χ4n) is 1.84. The van der Waals surface area contributed by atoms with Crippen molar-refractivity contribution >= 4 is 15.8 Å². The molecule has 1 N–H and O–H groups in total. The maximum Gasteiger partial charge on any atom is 0.321 e. The maximum atomic E-state index is 11.9. The van der Waals surface area contributed by atoms with Crippen molar-refractivity contribution < 1.29 is 18.3 Å².